The van der Waals surface area contributed by atoms with Crippen LogP contribution >= 0.6 is 0 Å². The van der Waals surface area contributed by atoms with Crippen molar-refractivity contribution < 1.29 is 14.3 Å². The monoisotopic (exact) mass is 363 g/mol. The molecule has 0 bridgehead atoms. The molecule has 1 aromatic rings. The van der Waals surface area contributed by atoms with Gasteiger partial charge < -0.3 is 14.9 Å². The van der Waals surface area contributed by atoms with Crippen LogP contribution in [0.3, 0.4) is 0 Å². The van der Waals surface area contributed by atoms with Gasteiger partial charge in [-0.2, -0.15) is 0 Å². The number of amides is 1. The third-order valence-electron chi connectivity index (χ3n) is 6.06. The van der Waals surface area contributed by atoms with Gasteiger partial charge in [0.15, 0.2) is 11.6 Å². The lowest BCUT2D eigenvalue weighted by molar-refractivity contribution is -0.132. The van der Waals surface area contributed by atoms with Crippen molar-refractivity contribution in [2.24, 2.45) is 5.92 Å². The van der Waals surface area contributed by atoms with Gasteiger partial charge in [-0.15, -0.1) is 0 Å². The fraction of sp³-hybridized carbons (Fsp3) is 0.650. The van der Waals surface area contributed by atoms with Gasteiger partial charge in [0.25, 0.3) is 0 Å². The summed E-state index contributed by atoms with van der Waals surface area (Å²) >= 11 is 0. The van der Waals surface area contributed by atoms with E-state index in [-0.39, 0.29) is 18.1 Å². The number of benzene rings is 1. The average molecular weight is 363 g/mol. The minimum atomic E-state index is -0.671. The molecule has 144 valence electrons. The second kappa shape index (κ2) is 8.35. The van der Waals surface area contributed by atoms with Crippen molar-refractivity contribution in [2.45, 2.75) is 32.2 Å². The van der Waals surface area contributed by atoms with Crippen molar-refractivity contribution in [3.05, 3.63) is 29.6 Å². The Labute approximate surface area is 155 Å². The number of hydrogen-bond acceptors (Lipinski definition) is 4. The molecule has 2 aliphatic rings. The van der Waals surface area contributed by atoms with Gasteiger partial charge in [-0.25, -0.2) is 4.39 Å². The van der Waals surface area contributed by atoms with E-state index in [9.17, 15) is 14.3 Å². The number of phenolic OH excluding ortho intramolecular Hbond substituents is 1. The Hall–Kier alpha value is -1.66. The first kappa shape index (κ1) is 19.1. The van der Waals surface area contributed by atoms with Gasteiger partial charge in [0.2, 0.25) is 5.91 Å². The Morgan fingerprint density at radius 3 is 2.46 bits per heavy atom. The molecule has 2 fully saturated rings. The molecule has 0 saturated carbocycles. The molecule has 1 unspecified atom stereocenters. The molecule has 1 aromatic carbocycles. The number of piperidine rings is 1. The zero-order valence-electron chi connectivity index (χ0n) is 15.8. The number of halogens is 1. The van der Waals surface area contributed by atoms with Crippen molar-refractivity contribution in [3.63, 3.8) is 0 Å². The molecule has 2 aliphatic heterocycles. The van der Waals surface area contributed by atoms with Crippen LogP contribution in [-0.4, -0.2) is 78.1 Å². The highest BCUT2D eigenvalue weighted by atomic mass is 19.1. The molecule has 1 amide bonds. The summed E-state index contributed by atoms with van der Waals surface area (Å²) in [5.74, 6) is -0.371. The largest absolute Gasteiger partial charge is 0.505 e. The third-order valence-corrected chi connectivity index (χ3v) is 6.06. The zero-order chi connectivity index (χ0) is 18.7. The second-order valence-electron chi connectivity index (χ2n) is 7.76. The Balaban J connectivity index is 1.48. The van der Waals surface area contributed by atoms with E-state index in [4.69, 9.17) is 0 Å². The normalized spacial score (nSPS) is 21.7. The maximum Gasteiger partial charge on any atom is 0.226 e. The Morgan fingerprint density at radius 2 is 1.85 bits per heavy atom. The van der Waals surface area contributed by atoms with Crippen LogP contribution in [0, 0.1) is 11.7 Å². The van der Waals surface area contributed by atoms with Gasteiger partial charge >= 0.3 is 0 Å². The highest BCUT2D eigenvalue weighted by Crippen LogP contribution is 2.25. The molecular formula is C20H30FN3O2. The molecule has 2 saturated heterocycles. The maximum absolute atomic E-state index is 13.4. The number of likely N-dealkylation sites (N-methyl/N-ethyl adjacent to an activating group) is 1. The van der Waals surface area contributed by atoms with Crippen LogP contribution in [-0.2, 0) is 11.2 Å². The van der Waals surface area contributed by atoms with E-state index in [1.807, 2.05) is 4.90 Å². The van der Waals surface area contributed by atoms with Gasteiger partial charge in [-0.3, -0.25) is 9.69 Å². The topological polar surface area (TPSA) is 47.0 Å². The fourth-order valence-corrected chi connectivity index (χ4v) is 4.11. The quantitative estimate of drug-likeness (QED) is 0.888. The van der Waals surface area contributed by atoms with Gasteiger partial charge in [0, 0.05) is 45.3 Å². The molecular weight excluding hydrogens is 333 g/mol. The van der Waals surface area contributed by atoms with Crippen molar-refractivity contribution in [1.82, 2.24) is 14.7 Å². The van der Waals surface area contributed by atoms with E-state index in [0.29, 0.717) is 17.5 Å². The average Bonchev–Trinajstić information content (AvgIpc) is 2.65. The van der Waals surface area contributed by atoms with E-state index in [2.05, 4.69) is 23.8 Å². The summed E-state index contributed by atoms with van der Waals surface area (Å²) in [5, 5.41) is 9.25. The predicted molar refractivity (Wildman–Crippen MR) is 99.6 cm³/mol. The fourth-order valence-electron chi connectivity index (χ4n) is 4.11. The molecule has 1 N–H and O–H groups in total. The minimum absolute atomic E-state index is 0.0424. The molecule has 3 rings (SSSR count). The number of carbonyl (C=O) groups excluding carboxylic acids is 1. The van der Waals surface area contributed by atoms with Crippen LogP contribution in [0.5, 0.6) is 5.75 Å². The Morgan fingerprint density at radius 1 is 1.19 bits per heavy atom. The predicted octanol–water partition coefficient (Wildman–Crippen LogP) is 1.95. The van der Waals surface area contributed by atoms with Crippen molar-refractivity contribution in [3.8, 4) is 5.75 Å². The van der Waals surface area contributed by atoms with E-state index in [0.717, 1.165) is 52.1 Å². The Bertz CT molecular complexity index is 623. The van der Waals surface area contributed by atoms with Crippen molar-refractivity contribution in [1.29, 1.82) is 0 Å². The lowest BCUT2D eigenvalue weighted by Gasteiger charge is -2.42. The van der Waals surface area contributed by atoms with Crippen molar-refractivity contribution in [2.75, 3.05) is 46.3 Å². The maximum atomic E-state index is 13.4. The number of piperazine rings is 1. The lowest BCUT2D eigenvalue weighted by Crippen LogP contribution is -2.52. The summed E-state index contributed by atoms with van der Waals surface area (Å²) in [4.78, 5) is 19.4. The standard InChI is InChI=1S/C20H30FN3O2/c1-15(23-11-9-22(2)10-12-23)17-5-7-24(8-6-17)20(26)14-16-3-4-19(25)18(21)13-16/h3-4,13,15,17,25H,5-12,14H2,1-2H3. The minimum Gasteiger partial charge on any atom is -0.505 e. The smallest absolute Gasteiger partial charge is 0.226 e. The number of rotatable bonds is 4. The number of likely N-dealkylation sites (tertiary alicyclic amines) is 1. The zero-order valence-corrected chi connectivity index (χ0v) is 15.8. The number of phenols is 1. The molecule has 0 spiro atoms. The number of hydrogen-bond donors (Lipinski definition) is 1. The summed E-state index contributed by atoms with van der Waals surface area (Å²) < 4.78 is 13.4. The van der Waals surface area contributed by atoms with Gasteiger partial charge in [0.05, 0.1) is 6.42 Å². The summed E-state index contributed by atoms with van der Waals surface area (Å²) in [6.45, 7) is 8.40. The highest BCUT2D eigenvalue weighted by Gasteiger charge is 2.30. The van der Waals surface area contributed by atoms with Crippen LogP contribution in [0.2, 0.25) is 0 Å². The van der Waals surface area contributed by atoms with E-state index >= 15 is 0 Å². The van der Waals surface area contributed by atoms with E-state index in [1.165, 1.54) is 12.1 Å². The van der Waals surface area contributed by atoms with E-state index < -0.39 is 5.82 Å². The summed E-state index contributed by atoms with van der Waals surface area (Å²) in [7, 11) is 2.17. The van der Waals surface area contributed by atoms with Gasteiger partial charge in [-0.1, -0.05) is 6.07 Å². The SMILES string of the molecule is CC(C1CCN(C(=O)Cc2ccc(O)c(F)c2)CC1)N1CCN(C)CC1. The van der Waals surface area contributed by atoms with Crippen molar-refractivity contribution >= 4 is 5.91 Å². The third kappa shape index (κ3) is 4.54. The first-order valence-electron chi connectivity index (χ1n) is 9.62. The molecule has 5 nitrogen and oxygen atoms in total. The Kier molecular flexibility index (Phi) is 6.14. The van der Waals surface area contributed by atoms with Gasteiger partial charge in [-0.05, 0) is 50.4 Å². The van der Waals surface area contributed by atoms with Crippen LogP contribution in [0.15, 0.2) is 18.2 Å². The van der Waals surface area contributed by atoms with Gasteiger partial charge in [0.1, 0.15) is 0 Å². The summed E-state index contributed by atoms with van der Waals surface area (Å²) in [5.41, 5.74) is 0.609. The summed E-state index contributed by atoms with van der Waals surface area (Å²) in [6.07, 6.45) is 2.25. The first-order chi connectivity index (χ1) is 12.4. The van der Waals surface area contributed by atoms with Crippen LogP contribution in [0.4, 0.5) is 4.39 Å². The van der Waals surface area contributed by atoms with Crippen LogP contribution in [0.25, 0.3) is 0 Å². The summed E-state index contributed by atoms with van der Waals surface area (Å²) in [6, 6.07) is 4.72. The second-order valence-corrected chi connectivity index (χ2v) is 7.76. The molecule has 0 aromatic heterocycles. The van der Waals surface area contributed by atoms with E-state index in [1.54, 1.807) is 6.07 Å². The van der Waals surface area contributed by atoms with Crippen LogP contribution < -0.4 is 0 Å². The number of carbonyl (C=O) groups is 1. The molecule has 0 radical (unpaired) electrons. The lowest BCUT2D eigenvalue weighted by atomic mass is 9.89. The highest BCUT2D eigenvalue weighted by molar-refractivity contribution is 5.78. The number of nitrogens with zero attached hydrogens (tertiary/aromatic N) is 3. The first-order valence-corrected chi connectivity index (χ1v) is 9.62. The molecule has 2 heterocycles. The molecule has 26 heavy (non-hydrogen) atoms. The molecule has 6 heteroatoms. The molecule has 1 atom stereocenters. The number of aromatic hydroxyl groups is 1. The molecule has 0 aliphatic carbocycles. The van der Waals surface area contributed by atoms with Crippen LogP contribution in [0.1, 0.15) is 25.3 Å².